The Morgan fingerprint density at radius 2 is 1.86 bits per heavy atom. The molecule has 1 amide bonds. The van der Waals surface area contributed by atoms with Gasteiger partial charge in [0.15, 0.2) is 17.8 Å². The van der Waals surface area contributed by atoms with E-state index in [1.54, 1.807) is 4.57 Å². The monoisotopic (exact) mass is 593 g/mol. The van der Waals surface area contributed by atoms with Crippen LogP contribution in [0.15, 0.2) is 36.4 Å². The van der Waals surface area contributed by atoms with E-state index in [9.17, 15) is 18.7 Å². The number of hydrogen-bond acceptors (Lipinski definition) is 8. The number of nitrogens with zero attached hydrogens (tertiary/aromatic N) is 1. The van der Waals surface area contributed by atoms with Crippen LogP contribution in [-0.4, -0.2) is 64.2 Å². The zero-order valence-electron chi connectivity index (χ0n) is 23.2. The summed E-state index contributed by atoms with van der Waals surface area (Å²) in [4.78, 5) is 13.4. The Balaban J connectivity index is 1.42. The highest BCUT2D eigenvalue weighted by Gasteiger charge is 2.53. The van der Waals surface area contributed by atoms with Crippen LogP contribution < -0.4 is 20.5 Å². The van der Waals surface area contributed by atoms with Gasteiger partial charge in [-0.15, -0.1) is 8.78 Å². The first-order chi connectivity index (χ1) is 19.7. The van der Waals surface area contributed by atoms with Gasteiger partial charge in [0.1, 0.15) is 5.82 Å². The summed E-state index contributed by atoms with van der Waals surface area (Å²) in [6.45, 7) is 3.98. The molecule has 0 radical (unpaired) electrons. The molecule has 1 aromatic heterocycles. The van der Waals surface area contributed by atoms with Crippen molar-refractivity contribution in [1.82, 2.24) is 4.57 Å². The molecule has 2 aromatic carbocycles. The lowest BCUT2D eigenvalue weighted by Crippen LogP contribution is -2.30. The Bertz CT molecular complexity index is 1490. The van der Waals surface area contributed by atoms with E-state index < -0.39 is 41.2 Å². The maximum Gasteiger partial charge on any atom is 0.586 e. The number of aliphatic hydroxyl groups excluding tert-OH is 2. The molecule has 0 saturated heterocycles. The molecule has 0 bridgehead atoms. The zero-order chi connectivity index (χ0) is 30.4. The first-order valence-corrected chi connectivity index (χ1v) is 13.6. The molecule has 0 unspecified atom stereocenters. The third-order valence-electron chi connectivity index (χ3n) is 7.87. The first kappa shape index (κ1) is 30.1. The second kappa shape index (κ2) is 11.0. The molecule has 1 aliphatic heterocycles. The van der Waals surface area contributed by atoms with E-state index in [0.717, 1.165) is 5.69 Å². The predicted molar refractivity (Wildman–Crippen MR) is 146 cm³/mol. The van der Waals surface area contributed by atoms with E-state index in [2.05, 4.69) is 14.8 Å². The number of halogens is 3. The summed E-state index contributed by atoms with van der Waals surface area (Å²) in [6, 6.07) is 8.85. The average molecular weight is 594 g/mol. The highest BCUT2D eigenvalue weighted by molar-refractivity contribution is 6.03. The van der Waals surface area contributed by atoms with Crippen molar-refractivity contribution in [2.45, 2.75) is 69.2 Å². The topological polar surface area (TPSA) is 148 Å². The van der Waals surface area contributed by atoms with Crippen LogP contribution in [0.3, 0.4) is 0 Å². The molecule has 1 saturated carbocycles. The Labute approximate surface area is 239 Å². The number of anilines is 1. The number of rotatable bonds is 12. The second-order valence-corrected chi connectivity index (χ2v) is 11.5. The van der Waals surface area contributed by atoms with Gasteiger partial charge in [0.25, 0.3) is 0 Å². The summed E-state index contributed by atoms with van der Waals surface area (Å²) < 4.78 is 58.5. The Morgan fingerprint density at radius 3 is 2.52 bits per heavy atom. The number of nitrogens with one attached hydrogen (secondary N) is 1. The number of carbonyl (C=O) groups excluding carboxylic acids is 1. The van der Waals surface area contributed by atoms with Crippen LogP contribution >= 0.6 is 0 Å². The van der Waals surface area contributed by atoms with Crippen LogP contribution in [0.25, 0.3) is 10.9 Å². The van der Waals surface area contributed by atoms with Gasteiger partial charge < -0.3 is 45.1 Å². The number of aliphatic hydroxyl groups is 3. The summed E-state index contributed by atoms with van der Waals surface area (Å²) in [7, 11) is 0. The van der Waals surface area contributed by atoms with Crippen LogP contribution in [0, 0.1) is 5.82 Å². The lowest BCUT2D eigenvalue weighted by Gasteiger charge is -2.28. The molecule has 42 heavy (non-hydrogen) atoms. The number of hydrogen-bond donors (Lipinski definition) is 5. The molecule has 228 valence electrons. The average Bonchev–Trinajstić information content (AvgIpc) is 3.57. The van der Waals surface area contributed by atoms with Crippen LogP contribution in [0.5, 0.6) is 11.5 Å². The highest BCUT2D eigenvalue weighted by Crippen LogP contribution is 2.52. The third-order valence-corrected chi connectivity index (χ3v) is 7.87. The van der Waals surface area contributed by atoms with Crippen LogP contribution in [-0.2, 0) is 26.9 Å². The normalized spacial score (nSPS) is 17.6. The maximum atomic E-state index is 15.5. The van der Waals surface area contributed by atoms with E-state index in [4.69, 9.17) is 20.7 Å². The fourth-order valence-corrected chi connectivity index (χ4v) is 5.33. The number of aromatic nitrogens is 1. The van der Waals surface area contributed by atoms with Crippen molar-refractivity contribution in [2.75, 3.05) is 25.1 Å². The summed E-state index contributed by atoms with van der Waals surface area (Å²) >= 11 is 0. The van der Waals surface area contributed by atoms with Gasteiger partial charge in [-0.05, 0) is 49.1 Å². The quantitative estimate of drug-likeness (QED) is 0.159. The Kier molecular flexibility index (Phi) is 7.92. The second-order valence-electron chi connectivity index (χ2n) is 11.5. The summed E-state index contributed by atoms with van der Waals surface area (Å²) in [5.41, 5.74) is 5.76. The lowest BCUT2D eigenvalue weighted by molar-refractivity contribution is -0.286. The largest absolute Gasteiger partial charge is 0.586 e. The fourth-order valence-electron chi connectivity index (χ4n) is 5.33. The molecule has 1 fully saturated rings. The van der Waals surface area contributed by atoms with Gasteiger partial charge in [0.05, 0.1) is 35.9 Å². The van der Waals surface area contributed by atoms with Gasteiger partial charge in [0, 0.05) is 35.7 Å². The molecular formula is C29H34F3N3O7. The third kappa shape index (κ3) is 5.92. The van der Waals surface area contributed by atoms with E-state index in [0.29, 0.717) is 35.7 Å². The van der Waals surface area contributed by atoms with Crippen molar-refractivity contribution in [2.24, 2.45) is 5.73 Å². The van der Waals surface area contributed by atoms with Gasteiger partial charge >= 0.3 is 6.29 Å². The minimum Gasteiger partial charge on any atom is -0.395 e. The molecule has 13 heteroatoms. The fraction of sp³-hybridized carbons (Fsp3) is 0.483. The van der Waals surface area contributed by atoms with Crippen LogP contribution in [0.1, 0.15) is 44.4 Å². The molecule has 0 spiro atoms. The van der Waals surface area contributed by atoms with E-state index >= 15 is 4.39 Å². The number of nitrogens with two attached hydrogens (primary N) is 1. The van der Waals surface area contributed by atoms with Gasteiger partial charge in [-0.3, -0.25) is 4.79 Å². The number of ether oxygens (including phenoxy) is 3. The van der Waals surface area contributed by atoms with E-state index in [-0.39, 0.29) is 43.5 Å². The van der Waals surface area contributed by atoms with Crippen molar-refractivity contribution in [3.05, 3.63) is 53.5 Å². The number of amides is 1. The molecule has 5 rings (SSSR count). The van der Waals surface area contributed by atoms with Gasteiger partial charge in [-0.2, -0.15) is 0 Å². The smallest absolute Gasteiger partial charge is 0.395 e. The standard InChI is InChI=1S/C29H34F3N3O7/c1-27(2,7-8-40-15-25(37)38)24-10-16-9-20(19(30)12-21(16)35(24)14-18(36)13-33)34-26(39)28(5-6-28)17-3-4-22-23(11-17)42-29(31,32)41-22/h3-4,9-12,18,25,36-38H,5-8,13-15,33H2,1-2H3,(H,34,39)/t18-/m0/s1. The minimum atomic E-state index is -3.78. The van der Waals surface area contributed by atoms with E-state index in [1.165, 1.54) is 30.3 Å². The van der Waals surface area contributed by atoms with Crippen molar-refractivity contribution in [3.8, 4) is 11.5 Å². The number of benzene rings is 2. The Morgan fingerprint density at radius 1 is 1.14 bits per heavy atom. The van der Waals surface area contributed by atoms with Crippen LogP contribution in [0.4, 0.5) is 18.9 Å². The molecule has 10 nitrogen and oxygen atoms in total. The molecule has 3 aromatic rings. The number of alkyl halides is 2. The van der Waals surface area contributed by atoms with Crippen molar-refractivity contribution in [3.63, 3.8) is 0 Å². The van der Waals surface area contributed by atoms with Gasteiger partial charge in [-0.25, -0.2) is 4.39 Å². The zero-order valence-corrected chi connectivity index (χ0v) is 23.2. The molecule has 2 heterocycles. The molecular weight excluding hydrogens is 559 g/mol. The Hall–Kier alpha value is -3.36. The first-order valence-electron chi connectivity index (χ1n) is 13.6. The van der Waals surface area contributed by atoms with Gasteiger partial charge in [0.2, 0.25) is 5.91 Å². The van der Waals surface area contributed by atoms with Crippen molar-refractivity contribution in [1.29, 1.82) is 0 Å². The van der Waals surface area contributed by atoms with Crippen molar-refractivity contribution < 1.29 is 47.5 Å². The molecule has 1 aliphatic carbocycles. The van der Waals surface area contributed by atoms with Gasteiger partial charge in [-0.1, -0.05) is 19.9 Å². The maximum absolute atomic E-state index is 15.5. The highest BCUT2D eigenvalue weighted by atomic mass is 19.3. The molecule has 1 atom stereocenters. The summed E-state index contributed by atoms with van der Waals surface area (Å²) in [5.74, 6) is -1.47. The molecule has 6 N–H and O–H groups in total. The van der Waals surface area contributed by atoms with Crippen molar-refractivity contribution >= 4 is 22.5 Å². The SMILES string of the molecule is CC(C)(CCOCC(O)O)c1cc2cc(NC(=O)C3(c4ccc5c(c4)OC(F)(F)O5)CC3)c(F)cc2n1C[C@@H](O)CN. The van der Waals surface area contributed by atoms with E-state index in [1.807, 2.05) is 19.9 Å². The predicted octanol–water partition coefficient (Wildman–Crippen LogP) is 3.09. The minimum absolute atomic E-state index is 0.00670. The summed E-state index contributed by atoms with van der Waals surface area (Å²) in [5, 5.41) is 31.7. The molecule has 2 aliphatic rings. The number of carbonyl (C=O) groups is 1. The lowest BCUT2D eigenvalue weighted by atomic mass is 9.85. The summed E-state index contributed by atoms with van der Waals surface area (Å²) in [6.07, 6.45) is -4.89. The van der Waals surface area contributed by atoms with Crippen LogP contribution in [0.2, 0.25) is 0 Å². The number of fused-ring (bicyclic) bond motifs is 2.